The van der Waals surface area contributed by atoms with Crippen molar-refractivity contribution in [2.75, 3.05) is 31.6 Å². The molecule has 3 rings (SSSR count). The Morgan fingerprint density at radius 1 is 1.28 bits per heavy atom. The minimum atomic E-state index is 0.229. The summed E-state index contributed by atoms with van der Waals surface area (Å²) in [6, 6.07) is 6.49. The second-order valence-electron chi connectivity index (χ2n) is 5.56. The molecule has 0 atom stereocenters. The van der Waals surface area contributed by atoms with Crippen LogP contribution in [0.4, 0.5) is 5.69 Å². The first kappa shape index (κ1) is 11.8. The first-order valence-electron chi connectivity index (χ1n) is 6.93. The monoisotopic (exact) mass is 246 g/mol. The van der Waals surface area contributed by atoms with Crippen molar-refractivity contribution in [3.63, 3.8) is 0 Å². The quantitative estimate of drug-likeness (QED) is 0.886. The maximum Gasteiger partial charge on any atom is 0.119 e. The average Bonchev–Trinajstić information content (AvgIpc) is 3.04. The van der Waals surface area contributed by atoms with Crippen LogP contribution in [0.25, 0.3) is 0 Å². The van der Waals surface area contributed by atoms with Gasteiger partial charge in [-0.15, -0.1) is 0 Å². The molecule has 3 heteroatoms. The van der Waals surface area contributed by atoms with E-state index in [1.165, 1.54) is 50.0 Å². The molecule has 0 amide bonds. The Kier molecular flexibility index (Phi) is 2.94. The fraction of sp³-hybridized carbons (Fsp3) is 0.600. The van der Waals surface area contributed by atoms with Crippen LogP contribution in [0.5, 0.6) is 5.75 Å². The van der Waals surface area contributed by atoms with Gasteiger partial charge in [0.2, 0.25) is 0 Å². The third-order valence-electron chi connectivity index (χ3n) is 4.47. The fourth-order valence-corrected chi connectivity index (χ4v) is 3.03. The average molecular weight is 246 g/mol. The highest BCUT2D eigenvalue weighted by molar-refractivity contribution is 5.61. The van der Waals surface area contributed by atoms with Gasteiger partial charge in [-0.2, -0.15) is 0 Å². The number of rotatable bonds is 4. The van der Waals surface area contributed by atoms with Gasteiger partial charge in [-0.25, -0.2) is 0 Å². The Morgan fingerprint density at radius 2 is 2.00 bits per heavy atom. The van der Waals surface area contributed by atoms with E-state index in [2.05, 4.69) is 23.1 Å². The van der Waals surface area contributed by atoms with Gasteiger partial charge in [0.25, 0.3) is 0 Å². The molecular formula is C15H22N2O. The summed E-state index contributed by atoms with van der Waals surface area (Å²) < 4.78 is 5.38. The highest BCUT2D eigenvalue weighted by atomic mass is 16.5. The van der Waals surface area contributed by atoms with E-state index in [4.69, 9.17) is 10.5 Å². The van der Waals surface area contributed by atoms with Gasteiger partial charge in [0.1, 0.15) is 5.75 Å². The molecule has 0 aromatic heterocycles. The molecule has 1 aromatic rings. The molecule has 2 N–H and O–H groups in total. The van der Waals surface area contributed by atoms with Crippen molar-refractivity contribution in [3.05, 3.63) is 23.8 Å². The molecule has 0 radical (unpaired) electrons. The summed E-state index contributed by atoms with van der Waals surface area (Å²) in [6.07, 6.45) is 5.05. The summed E-state index contributed by atoms with van der Waals surface area (Å²) in [6.45, 7) is 3.11. The Bertz CT molecular complexity index is 434. The lowest BCUT2D eigenvalue weighted by atomic mass is 9.93. The lowest BCUT2D eigenvalue weighted by molar-refractivity contribution is 0.413. The van der Waals surface area contributed by atoms with E-state index in [1.54, 1.807) is 7.11 Å². The number of hydrogen-bond acceptors (Lipinski definition) is 3. The molecule has 1 aromatic carbocycles. The van der Waals surface area contributed by atoms with Crippen molar-refractivity contribution in [1.82, 2.24) is 0 Å². The number of benzene rings is 1. The van der Waals surface area contributed by atoms with E-state index in [-0.39, 0.29) is 5.41 Å². The molecule has 0 spiro atoms. The maximum absolute atomic E-state index is 6.00. The zero-order valence-electron chi connectivity index (χ0n) is 11.1. The zero-order valence-corrected chi connectivity index (χ0v) is 11.1. The number of nitrogens with two attached hydrogens (primary N) is 1. The molecule has 1 heterocycles. The molecule has 98 valence electrons. The summed E-state index contributed by atoms with van der Waals surface area (Å²) in [7, 11) is 1.73. The Morgan fingerprint density at radius 3 is 2.56 bits per heavy atom. The van der Waals surface area contributed by atoms with E-state index in [9.17, 15) is 0 Å². The van der Waals surface area contributed by atoms with Crippen molar-refractivity contribution < 1.29 is 4.74 Å². The molecule has 2 aliphatic rings. The predicted octanol–water partition coefficient (Wildman–Crippen LogP) is 2.29. The molecule has 2 fully saturated rings. The number of nitrogens with zero attached hydrogens (tertiary/aromatic N) is 1. The highest BCUT2D eigenvalue weighted by Crippen LogP contribution is 2.51. The molecule has 1 saturated heterocycles. The second-order valence-corrected chi connectivity index (χ2v) is 5.56. The summed E-state index contributed by atoms with van der Waals surface area (Å²) in [4.78, 5) is 2.50. The number of hydrogen-bond donors (Lipinski definition) is 1. The topological polar surface area (TPSA) is 38.5 Å². The van der Waals surface area contributed by atoms with E-state index < -0.39 is 0 Å². The van der Waals surface area contributed by atoms with E-state index in [0.29, 0.717) is 0 Å². The van der Waals surface area contributed by atoms with Gasteiger partial charge in [0.05, 0.1) is 7.11 Å². The second kappa shape index (κ2) is 4.47. The van der Waals surface area contributed by atoms with Crippen LogP contribution in [-0.4, -0.2) is 26.7 Å². The molecule has 1 aliphatic heterocycles. The fourth-order valence-electron chi connectivity index (χ4n) is 3.03. The van der Waals surface area contributed by atoms with Crippen LogP contribution in [0.3, 0.4) is 0 Å². The van der Waals surface area contributed by atoms with Crippen molar-refractivity contribution >= 4 is 5.69 Å². The minimum absolute atomic E-state index is 0.229. The molecule has 18 heavy (non-hydrogen) atoms. The summed E-state index contributed by atoms with van der Waals surface area (Å²) in [5.41, 5.74) is 9.02. The van der Waals surface area contributed by atoms with E-state index in [0.717, 1.165) is 12.3 Å². The maximum atomic E-state index is 6.00. The molecule has 1 aliphatic carbocycles. The van der Waals surface area contributed by atoms with Crippen LogP contribution in [0.1, 0.15) is 31.2 Å². The van der Waals surface area contributed by atoms with Crippen LogP contribution in [0, 0.1) is 0 Å². The zero-order chi connectivity index (χ0) is 12.6. The standard InChI is InChI=1S/C15H22N2O/c1-18-12-4-5-14(17-8-2-3-9-17)13(10-12)15(11-16)6-7-15/h4-5,10H,2-3,6-9,11,16H2,1H3. The highest BCUT2D eigenvalue weighted by Gasteiger charge is 2.45. The molecule has 0 bridgehead atoms. The van der Waals surface area contributed by atoms with Crippen LogP contribution in [-0.2, 0) is 5.41 Å². The predicted molar refractivity (Wildman–Crippen MR) is 74.4 cm³/mol. The summed E-state index contributed by atoms with van der Waals surface area (Å²) >= 11 is 0. The first-order valence-corrected chi connectivity index (χ1v) is 6.93. The van der Waals surface area contributed by atoms with Crippen molar-refractivity contribution in [2.24, 2.45) is 5.73 Å². The summed E-state index contributed by atoms with van der Waals surface area (Å²) in [5, 5.41) is 0. The summed E-state index contributed by atoms with van der Waals surface area (Å²) in [5.74, 6) is 0.952. The SMILES string of the molecule is COc1ccc(N2CCCC2)c(C2(CN)CC2)c1. The van der Waals surface area contributed by atoms with Gasteiger partial charge in [0.15, 0.2) is 0 Å². The van der Waals surface area contributed by atoms with Crippen LogP contribution >= 0.6 is 0 Å². The van der Waals surface area contributed by atoms with Gasteiger partial charge in [-0.1, -0.05) is 0 Å². The van der Waals surface area contributed by atoms with Gasteiger partial charge in [0, 0.05) is 30.7 Å². The molecular weight excluding hydrogens is 224 g/mol. The van der Waals surface area contributed by atoms with Crippen LogP contribution in [0.15, 0.2) is 18.2 Å². The number of anilines is 1. The van der Waals surface area contributed by atoms with Crippen molar-refractivity contribution in [2.45, 2.75) is 31.1 Å². The lowest BCUT2D eigenvalue weighted by Gasteiger charge is -2.26. The Balaban J connectivity index is 2.01. The smallest absolute Gasteiger partial charge is 0.119 e. The number of methoxy groups -OCH3 is 1. The molecule has 3 nitrogen and oxygen atoms in total. The first-order chi connectivity index (χ1) is 8.79. The molecule has 0 unspecified atom stereocenters. The van der Waals surface area contributed by atoms with E-state index >= 15 is 0 Å². The van der Waals surface area contributed by atoms with Gasteiger partial charge >= 0.3 is 0 Å². The Labute approximate surface area is 109 Å². The largest absolute Gasteiger partial charge is 0.497 e. The van der Waals surface area contributed by atoms with Crippen LogP contribution < -0.4 is 15.4 Å². The number of ether oxygens (including phenoxy) is 1. The minimum Gasteiger partial charge on any atom is -0.497 e. The van der Waals surface area contributed by atoms with Gasteiger partial charge in [-0.05, 0) is 49.4 Å². The Hall–Kier alpha value is -1.22. The van der Waals surface area contributed by atoms with Crippen LogP contribution in [0.2, 0.25) is 0 Å². The third-order valence-corrected chi connectivity index (χ3v) is 4.47. The lowest BCUT2D eigenvalue weighted by Crippen LogP contribution is -2.26. The van der Waals surface area contributed by atoms with Gasteiger partial charge < -0.3 is 15.4 Å². The van der Waals surface area contributed by atoms with E-state index in [1.807, 2.05) is 0 Å². The van der Waals surface area contributed by atoms with Crippen molar-refractivity contribution in [1.29, 1.82) is 0 Å². The molecule has 1 saturated carbocycles. The van der Waals surface area contributed by atoms with Gasteiger partial charge in [-0.3, -0.25) is 0 Å². The third kappa shape index (κ3) is 1.87. The van der Waals surface area contributed by atoms with Crippen molar-refractivity contribution in [3.8, 4) is 5.75 Å². The normalized spacial score (nSPS) is 21.1.